The fourth-order valence-corrected chi connectivity index (χ4v) is 4.26. The fourth-order valence-electron chi connectivity index (χ4n) is 4.26. The van der Waals surface area contributed by atoms with Crippen LogP contribution in [0.2, 0.25) is 0 Å². The van der Waals surface area contributed by atoms with E-state index in [2.05, 4.69) is 10.3 Å². The molecule has 0 bridgehead atoms. The van der Waals surface area contributed by atoms with E-state index in [4.69, 9.17) is 14.2 Å². The lowest BCUT2D eigenvalue weighted by molar-refractivity contribution is -0.162. The molecule has 0 saturated heterocycles. The van der Waals surface area contributed by atoms with Gasteiger partial charge in [-0.2, -0.15) is 0 Å². The lowest BCUT2D eigenvalue weighted by atomic mass is 9.81. The van der Waals surface area contributed by atoms with Crippen LogP contribution >= 0.6 is 0 Å². The second kappa shape index (κ2) is 13.2. The van der Waals surface area contributed by atoms with Crippen molar-refractivity contribution in [1.82, 2.24) is 10.3 Å². The molecule has 2 N–H and O–H groups in total. The first kappa shape index (κ1) is 29.6. The molecule has 3 atom stereocenters. The summed E-state index contributed by atoms with van der Waals surface area (Å²) in [6.45, 7) is 7.46. The molecule has 8 nitrogen and oxygen atoms in total. The molecule has 0 saturated carbocycles. The van der Waals surface area contributed by atoms with E-state index in [0.717, 1.165) is 11.1 Å². The lowest BCUT2D eigenvalue weighted by Gasteiger charge is -2.38. The summed E-state index contributed by atoms with van der Waals surface area (Å²) in [6, 6.07) is 16.3. The van der Waals surface area contributed by atoms with Crippen LogP contribution in [0.25, 0.3) is 0 Å². The number of rotatable bonds is 12. The Morgan fingerprint density at radius 2 is 1.69 bits per heavy atom. The summed E-state index contributed by atoms with van der Waals surface area (Å²) >= 11 is 0. The van der Waals surface area contributed by atoms with Crippen molar-refractivity contribution in [2.75, 3.05) is 7.11 Å². The third-order valence-corrected chi connectivity index (χ3v) is 6.61. The predicted octanol–water partition coefficient (Wildman–Crippen LogP) is 4.84. The molecule has 9 heteroatoms. The summed E-state index contributed by atoms with van der Waals surface area (Å²) in [4.78, 5) is 29.6. The number of methoxy groups -OCH3 is 1. The van der Waals surface area contributed by atoms with Gasteiger partial charge in [0.15, 0.2) is 17.2 Å². The number of carbonyl (C=O) groups is 2. The molecular formula is C30H35FN2O6. The quantitative estimate of drug-likeness (QED) is 0.318. The molecule has 1 heterocycles. The van der Waals surface area contributed by atoms with Gasteiger partial charge in [-0.1, -0.05) is 42.5 Å². The van der Waals surface area contributed by atoms with Crippen molar-refractivity contribution in [2.24, 2.45) is 5.92 Å². The van der Waals surface area contributed by atoms with Crippen LogP contribution in [-0.4, -0.2) is 46.8 Å². The van der Waals surface area contributed by atoms with Crippen LogP contribution in [0.3, 0.4) is 0 Å². The summed E-state index contributed by atoms with van der Waals surface area (Å²) in [5.74, 6) is -2.42. The number of benzene rings is 2. The first-order chi connectivity index (χ1) is 18.5. The van der Waals surface area contributed by atoms with Gasteiger partial charge in [-0.05, 0) is 57.4 Å². The number of pyridine rings is 1. The van der Waals surface area contributed by atoms with Gasteiger partial charge in [0.1, 0.15) is 18.0 Å². The Labute approximate surface area is 228 Å². The Kier molecular flexibility index (Phi) is 10.0. The number of aromatic nitrogens is 1. The molecule has 0 unspecified atom stereocenters. The molecule has 0 aliphatic heterocycles. The van der Waals surface area contributed by atoms with E-state index in [1.54, 1.807) is 19.1 Å². The highest BCUT2D eigenvalue weighted by molar-refractivity contribution is 5.97. The van der Waals surface area contributed by atoms with Crippen molar-refractivity contribution in [2.45, 2.75) is 58.5 Å². The molecular weight excluding hydrogens is 503 g/mol. The Morgan fingerprint density at radius 3 is 2.33 bits per heavy atom. The highest BCUT2D eigenvalue weighted by Crippen LogP contribution is 2.31. The molecule has 39 heavy (non-hydrogen) atoms. The number of halogens is 1. The highest BCUT2D eigenvalue weighted by Gasteiger charge is 2.37. The zero-order valence-electron chi connectivity index (χ0n) is 22.8. The first-order valence-electron chi connectivity index (χ1n) is 12.7. The van der Waals surface area contributed by atoms with Crippen molar-refractivity contribution in [3.8, 4) is 11.5 Å². The van der Waals surface area contributed by atoms with Crippen LogP contribution < -0.4 is 10.1 Å². The number of ether oxygens (including phenoxy) is 3. The Morgan fingerprint density at radius 1 is 1.03 bits per heavy atom. The van der Waals surface area contributed by atoms with Gasteiger partial charge in [0.2, 0.25) is 0 Å². The summed E-state index contributed by atoms with van der Waals surface area (Å²) in [5, 5.41) is 12.7. The maximum Gasteiger partial charge on any atom is 0.328 e. The van der Waals surface area contributed by atoms with E-state index in [-0.39, 0.29) is 23.2 Å². The summed E-state index contributed by atoms with van der Waals surface area (Å²) < 4.78 is 30.6. The Bertz CT molecular complexity index is 1250. The molecule has 0 aliphatic rings. The minimum atomic E-state index is -1.04. The number of carbonyl (C=O) groups excluding carboxylic acids is 2. The number of aromatic hydroxyl groups is 1. The molecule has 3 aromatic rings. The smallest absolute Gasteiger partial charge is 0.328 e. The Balaban J connectivity index is 1.73. The second-order valence-corrected chi connectivity index (χ2v) is 9.86. The van der Waals surface area contributed by atoms with Crippen LogP contribution in [0.4, 0.5) is 4.39 Å². The van der Waals surface area contributed by atoms with Gasteiger partial charge in [0.25, 0.3) is 5.91 Å². The van der Waals surface area contributed by atoms with Crippen molar-refractivity contribution in [3.63, 3.8) is 0 Å². The van der Waals surface area contributed by atoms with Crippen LogP contribution in [0.15, 0.2) is 66.9 Å². The highest BCUT2D eigenvalue weighted by atomic mass is 19.1. The van der Waals surface area contributed by atoms with E-state index >= 15 is 0 Å². The molecule has 0 radical (unpaired) electrons. The maximum atomic E-state index is 13.5. The standard InChI is InChI=1S/C30H35FN2O6/c1-19(33-28(35)26-27(34)25(37-5)15-16-32-26)29(36)39-20(2)24(17-21-11-13-23(31)14-12-21)30(3,4)38-18-22-9-7-6-8-10-22/h6-16,19-20,24,34H,17-18H2,1-5H3,(H,33,35)/t19-,20-,24-/m0/s1. The number of hydrogen-bond acceptors (Lipinski definition) is 7. The summed E-state index contributed by atoms with van der Waals surface area (Å²) in [6.07, 6.45) is 1.14. The monoisotopic (exact) mass is 538 g/mol. The van der Waals surface area contributed by atoms with Gasteiger partial charge in [0.05, 0.1) is 19.3 Å². The molecule has 1 amide bonds. The van der Waals surface area contributed by atoms with E-state index in [1.807, 2.05) is 44.2 Å². The molecule has 0 spiro atoms. The number of nitrogens with zero attached hydrogens (tertiary/aromatic N) is 1. The molecule has 1 aromatic heterocycles. The summed E-state index contributed by atoms with van der Waals surface area (Å²) in [7, 11) is 1.35. The third-order valence-electron chi connectivity index (χ3n) is 6.61. The minimum Gasteiger partial charge on any atom is -0.503 e. The SMILES string of the molecule is COc1ccnc(C(=O)N[C@@H](C)C(=O)O[C@@H](C)[C@H](Cc2ccc(F)cc2)C(C)(C)OCc2ccccc2)c1O. The summed E-state index contributed by atoms with van der Waals surface area (Å²) in [5.41, 5.74) is 0.849. The van der Waals surface area contributed by atoms with Crippen LogP contribution in [-0.2, 0) is 27.3 Å². The number of hydrogen-bond donors (Lipinski definition) is 2. The van der Waals surface area contributed by atoms with Crippen molar-refractivity contribution in [1.29, 1.82) is 0 Å². The van der Waals surface area contributed by atoms with Crippen molar-refractivity contribution < 1.29 is 33.3 Å². The van der Waals surface area contributed by atoms with Crippen LogP contribution in [0, 0.1) is 11.7 Å². The molecule has 0 fully saturated rings. The van der Waals surface area contributed by atoms with Crippen molar-refractivity contribution >= 4 is 11.9 Å². The topological polar surface area (TPSA) is 107 Å². The van der Waals surface area contributed by atoms with Gasteiger partial charge in [-0.15, -0.1) is 0 Å². The molecule has 0 aliphatic carbocycles. The third kappa shape index (κ3) is 8.00. The van der Waals surface area contributed by atoms with Gasteiger partial charge >= 0.3 is 5.97 Å². The van der Waals surface area contributed by atoms with Gasteiger partial charge in [0, 0.05) is 18.2 Å². The van der Waals surface area contributed by atoms with Gasteiger partial charge in [-0.25, -0.2) is 14.2 Å². The Hall–Kier alpha value is -3.98. The van der Waals surface area contributed by atoms with E-state index in [9.17, 15) is 19.1 Å². The van der Waals surface area contributed by atoms with Crippen LogP contribution in [0.5, 0.6) is 11.5 Å². The maximum absolute atomic E-state index is 13.5. The van der Waals surface area contributed by atoms with Crippen LogP contribution in [0.1, 0.15) is 49.3 Å². The molecule has 2 aromatic carbocycles. The average Bonchev–Trinajstić information content (AvgIpc) is 2.92. The number of amides is 1. The predicted molar refractivity (Wildman–Crippen MR) is 144 cm³/mol. The van der Waals surface area contributed by atoms with Gasteiger partial charge < -0.3 is 24.6 Å². The zero-order valence-corrected chi connectivity index (χ0v) is 22.8. The average molecular weight is 539 g/mol. The van der Waals surface area contributed by atoms with Gasteiger partial charge in [-0.3, -0.25) is 4.79 Å². The first-order valence-corrected chi connectivity index (χ1v) is 12.7. The van der Waals surface area contributed by atoms with E-state index < -0.39 is 35.4 Å². The number of esters is 1. The lowest BCUT2D eigenvalue weighted by Crippen LogP contribution is -2.46. The van der Waals surface area contributed by atoms with E-state index in [0.29, 0.717) is 13.0 Å². The van der Waals surface area contributed by atoms with Crippen molar-refractivity contribution in [3.05, 3.63) is 89.5 Å². The molecule has 208 valence electrons. The zero-order chi connectivity index (χ0) is 28.6. The van der Waals surface area contributed by atoms with E-state index in [1.165, 1.54) is 38.4 Å². The minimum absolute atomic E-state index is 0.0837. The second-order valence-electron chi connectivity index (χ2n) is 9.86. The normalized spacial score (nSPS) is 13.7. The fraction of sp³-hybridized carbons (Fsp3) is 0.367. The number of nitrogens with one attached hydrogen (secondary N) is 1. The molecule has 3 rings (SSSR count). The largest absolute Gasteiger partial charge is 0.503 e.